The Hall–Kier alpha value is -0.650. The first-order valence-corrected chi connectivity index (χ1v) is 3.69. The van der Waals surface area contributed by atoms with Gasteiger partial charge in [0, 0.05) is 11.8 Å². The van der Waals surface area contributed by atoms with Crippen molar-refractivity contribution < 1.29 is 4.79 Å². The molecule has 0 bridgehead atoms. The molecule has 3 nitrogen and oxygen atoms in total. The highest BCUT2D eigenvalue weighted by Crippen LogP contribution is 2.02. The molecule has 0 fully saturated rings. The van der Waals surface area contributed by atoms with Crippen molar-refractivity contribution in [2.24, 2.45) is 5.73 Å². The topological polar surface area (TPSA) is 56.0 Å². The smallest absolute Gasteiger partial charge is 0.248 e. The molecule has 0 aromatic carbocycles. The highest BCUT2D eigenvalue weighted by Gasteiger charge is 1.98. The molecule has 4 heteroatoms. The molecule has 0 atom stereocenters. The predicted molar refractivity (Wildman–Crippen MR) is 45.5 cm³/mol. The number of primary amides is 1. The Morgan fingerprint density at radius 1 is 1.70 bits per heavy atom. The lowest BCUT2D eigenvalue weighted by molar-refractivity contribution is 0.1000. The minimum absolute atomic E-state index is 0.416. The van der Waals surface area contributed by atoms with E-state index in [1.165, 1.54) is 0 Å². The highest BCUT2D eigenvalue weighted by molar-refractivity contribution is 14.1. The summed E-state index contributed by atoms with van der Waals surface area (Å²) < 4.78 is 0.772. The number of rotatable bonds is 1. The Labute approximate surface area is 71.8 Å². The van der Waals surface area contributed by atoms with Gasteiger partial charge in [0.2, 0.25) is 5.91 Å². The summed E-state index contributed by atoms with van der Waals surface area (Å²) in [7, 11) is 0. The summed E-state index contributed by atoms with van der Waals surface area (Å²) in [5.74, 6) is -0.416. The van der Waals surface area contributed by atoms with Crippen LogP contribution in [0.15, 0.2) is 18.3 Å². The van der Waals surface area contributed by atoms with Crippen molar-refractivity contribution in [3.63, 3.8) is 0 Å². The summed E-state index contributed by atoms with van der Waals surface area (Å²) in [5.41, 5.74) is 5.51. The third-order valence-corrected chi connectivity index (χ3v) is 1.60. The predicted octanol–water partition coefficient (Wildman–Crippen LogP) is 0.785. The zero-order valence-electron chi connectivity index (χ0n) is 5.04. The lowest BCUT2D eigenvalue weighted by Gasteiger charge is -1.92. The van der Waals surface area contributed by atoms with Gasteiger partial charge in [0.25, 0.3) is 0 Å². The average Bonchev–Trinajstić information content (AvgIpc) is 1.88. The summed E-state index contributed by atoms with van der Waals surface area (Å²) in [5, 5.41) is 0. The van der Waals surface area contributed by atoms with E-state index in [2.05, 4.69) is 4.98 Å². The minimum Gasteiger partial charge on any atom is -0.366 e. The Bertz CT molecular complexity index is 262. The molecule has 0 saturated carbocycles. The Kier molecular flexibility index (Phi) is 2.21. The third-order valence-electron chi connectivity index (χ3n) is 1.01. The summed E-state index contributed by atoms with van der Waals surface area (Å²) in [6.07, 6.45) is 1.56. The first-order valence-electron chi connectivity index (χ1n) is 2.61. The third kappa shape index (κ3) is 1.66. The van der Waals surface area contributed by atoms with Crippen LogP contribution in [0.2, 0.25) is 0 Å². The number of hydrogen-bond donors (Lipinski definition) is 1. The number of nitrogens with zero attached hydrogens (tertiary/aromatic N) is 1. The van der Waals surface area contributed by atoms with Crippen LogP contribution in [0, 0.1) is 3.70 Å². The summed E-state index contributed by atoms with van der Waals surface area (Å²) in [4.78, 5) is 14.4. The Morgan fingerprint density at radius 3 is 2.80 bits per heavy atom. The molecule has 0 radical (unpaired) electrons. The van der Waals surface area contributed by atoms with Crippen LogP contribution in [0.4, 0.5) is 0 Å². The minimum atomic E-state index is -0.416. The van der Waals surface area contributed by atoms with Crippen molar-refractivity contribution in [1.29, 1.82) is 0 Å². The van der Waals surface area contributed by atoms with Gasteiger partial charge in [0.15, 0.2) is 0 Å². The van der Waals surface area contributed by atoms with Crippen molar-refractivity contribution in [1.82, 2.24) is 4.98 Å². The van der Waals surface area contributed by atoms with E-state index in [-0.39, 0.29) is 0 Å². The summed E-state index contributed by atoms with van der Waals surface area (Å²) in [6.45, 7) is 0. The lowest BCUT2D eigenvalue weighted by atomic mass is 10.3. The number of halogens is 1. The van der Waals surface area contributed by atoms with Gasteiger partial charge in [-0.2, -0.15) is 0 Å². The molecule has 0 saturated heterocycles. The Balaban J connectivity index is 3.07. The van der Waals surface area contributed by atoms with Gasteiger partial charge in [0.05, 0.1) is 0 Å². The van der Waals surface area contributed by atoms with Crippen molar-refractivity contribution >= 4 is 28.5 Å². The van der Waals surface area contributed by atoms with E-state index < -0.39 is 5.91 Å². The monoisotopic (exact) mass is 248 g/mol. The molecule has 10 heavy (non-hydrogen) atoms. The average molecular weight is 248 g/mol. The second-order valence-corrected chi connectivity index (χ2v) is 2.84. The van der Waals surface area contributed by atoms with E-state index in [0.717, 1.165) is 3.70 Å². The van der Waals surface area contributed by atoms with Gasteiger partial charge in [-0.05, 0) is 34.7 Å². The maximum absolute atomic E-state index is 10.5. The van der Waals surface area contributed by atoms with Crippen LogP contribution >= 0.6 is 22.6 Å². The van der Waals surface area contributed by atoms with E-state index in [4.69, 9.17) is 5.73 Å². The maximum Gasteiger partial charge on any atom is 0.248 e. The van der Waals surface area contributed by atoms with Crippen LogP contribution in [0.3, 0.4) is 0 Å². The summed E-state index contributed by atoms with van der Waals surface area (Å²) in [6, 6.07) is 3.23. The van der Waals surface area contributed by atoms with Gasteiger partial charge in [0.1, 0.15) is 3.70 Å². The second kappa shape index (κ2) is 2.96. The number of amides is 1. The number of pyridine rings is 1. The van der Waals surface area contributed by atoms with Crippen molar-refractivity contribution in [2.75, 3.05) is 0 Å². The molecule has 0 aliphatic carbocycles. The molecular weight excluding hydrogens is 243 g/mol. The first-order chi connectivity index (χ1) is 4.70. The molecule has 0 aliphatic heterocycles. The van der Waals surface area contributed by atoms with Crippen molar-refractivity contribution in [3.8, 4) is 0 Å². The molecule has 1 aromatic rings. The van der Waals surface area contributed by atoms with Gasteiger partial charge < -0.3 is 5.73 Å². The van der Waals surface area contributed by atoms with Crippen molar-refractivity contribution in [2.45, 2.75) is 0 Å². The van der Waals surface area contributed by atoms with Crippen LogP contribution in [-0.2, 0) is 0 Å². The standard InChI is InChI=1S/C6H5IN2O/c7-5-3-4(6(8)10)1-2-9-5/h1-3H,(H2,8,10). The fourth-order valence-electron chi connectivity index (χ4n) is 0.556. The molecular formula is C6H5IN2O. The van der Waals surface area contributed by atoms with E-state index in [1.54, 1.807) is 18.3 Å². The van der Waals surface area contributed by atoms with E-state index in [9.17, 15) is 4.79 Å². The Morgan fingerprint density at radius 2 is 2.40 bits per heavy atom. The number of aromatic nitrogens is 1. The fourth-order valence-corrected chi connectivity index (χ4v) is 1.05. The molecule has 0 spiro atoms. The normalized spacial score (nSPS) is 9.30. The van der Waals surface area contributed by atoms with Gasteiger partial charge in [-0.15, -0.1) is 0 Å². The molecule has 1 aromatic heterocycles. The van der Waals surface area contributed by atoms with Crippen LogP contribution in [0.1, 0.15) is 10.4 Å². The largest absolute Gasteiger partial charge is 0.366 e. The molecule has 0 unspecified atom stereocenters. The number of carbonyl (C=O) groups excluding carboxylic acids is 1. The quantitative estimate of drug-likeness (QED) is 0.589. The van der Waals surface area contributed by atoms with Crippen molar-refractivity contribution in [3.05, 3.63) is 27.6 Å². The maximum atomic E-state index is 10.5. The van der Waals surface area contributed by atoms with Crippen LogP contribution in [-0.4, -0.2) is 10.9 Å². The van der Waals surface area contributed by atoms with E-state index >= 15 is 0 Å². The zero-order chi connectivity index (χ0) is 7.56. The fraction of sp³-hybridized carbons (Fsp3) is 0. The van der Waals surface area contributed by atoms with Crippen LogP contribution in [0.5, 0.6) is 0 Å². The molecule has 1 rings (SSSR count). The van der Waals surface area contributed by atoms with E-state index in [0.29, 0.717) is 5.56 Å². The first kappa shape index (κ1) is 7.46. The lowest BCUT2D eigenvalue weighted by Crippen LogP contribution is -2.10. The zero-order valence-corrected chi connectivity index (χ0v) is 7.20. The second-order valence-electron chi connectivity index (χ2n) is 1.73. The number of hydrogen-bond acceptors (Lipinski definition) is 2. The molecule has 0 aliphatic rings. The summed E-state index contributed by atoms with van der Waals surface area (Å²) >= 11 is 2.02. The molecule has 2 N–H and O–H groups in total. The number of nitrogens with two attached hydrogens (primary N) is 1. The van der Waals surface area contributed by atoms with Gasteiger partial charge in [-0.3, -0.25) is 9.78 Å². The molecule has 1 amide bonds. The van der Waals surface area contributed by atoms with Crippen LogP contribution in [0.25, 0.3) is 0 Å². The van der Waals surface area contributed by atoms with Crippen LogP contribution < -0.4 is 5.73 Å². The highest BCUT2D eigenvalue weighted by atomic mass is 127. The SMILES string of the molecule is NC(=O)c1ccnc(I)c1. The molecule has 1 heterocycles. The number of carbonyl (C=O) groups is 1. The van der Waals surface area contributed by atoms with Gasteiger partial charge >= 0.3 is 0 Å². The van der Waals surface area contributed by atoms with E-state index in [1.807, 2.05) is 22.6 Å². The van der Waals surface area contributed by atoms with Gasteiger partial charge in [-0.25, -0.2) is 0 Å². The molecule has 52 valence electrons. The van der Waals surface area contributed by atoms with Gasteiger partial charge in [-0.1, -0.05) is 0 Å².